The van der Waals surface area contributed by atoms with Gasteiger partial charge in [-0.3, -0.25) is 4.79 Å². The Morgan fingerprint density at radius 2 is 2.03 bits per heavy atom. The number of amides is 1. The number of pyridine rings is 1. The summed E-state index contributed by atoms with van der Waals surface area (Å²) in [6.45, 7) is 1.30. The van der Waals surface area contributed by atoms with E-state index in [4.69, 9.17) is 4.74 Å². The second-order valence-corrected chi connectivity index (χ2v) is 7.34. The zero-order valence-electron chi connectivity index (χ0n) is 16.2. The van der Waals surface area contributed by atoms with Crippen LogP contribution in [0.15, 0.2) is 67.0 Å². The fraction of sp³-hybridized carbons (Fsp3) is 0.167. The van der Waals surface area contributed by atoms with Crippen LogP contribution in [0, 0.1) is 0 Å². The van der Waals surface area contributed by atoms with Crippen LogP contribution in [0.1, 0.15) is 21.5 Å². The number of nitrogens with one attached hydrogen (secondary N) is 1. The van der Waals surface area contributed by atoms with Crippen LogP contribution in [-0.2, 0) is 13.0 Å². The fourth-order valence-electron chi connectivity index (χ4n) is 3.96. The zero-order chi connectivity index (χ0) is 19.8. The van der Waals surface area contributed by atoms with Gasteiger partial charge in [-0.25, -0.2) is 4.98 Å². The number of aromatic amines is 1. The number of methoxy groups -OCH3 is 1. The third-order valence-corrected chi connectivity index (χ3v) is 5.51. The lowest BCUT2D eigenvalue weighted by atomic mass is 9.94. The van der Waals surface area contributed by atoms with Crippen molar-refractivity contribution in [1.29, 1.82) is 0 Å². The molecule has 0 bridgehead atoms. The monoisotopic (exact) mass is 383 g/mol. The van der Waals surface area contributed by atoms with E-state index in [-0.39, 0.29) is 5.91 Å². The molecule has 0 saturated carbocycles. The molecule has 2 aromatic heterocycles. The summed E-state index contributed by atoms with van der Waals surface area (Å²) in [5, 5.41) is 1.08. The molecule has 5 nitrogen and oxygen atoms in total. The van der Waals surface area contributed by atoms with Gasteiger partial charge in [-0.1, -0.05) is 24.3 Å². The average molecular weight is 383 g/mol. The van der Waals surface area contributed by atoms with Crippen molar-refractivity contribution in [2.75, 3.05) is 13.7 Å². The van der Waals surface area contributed by atoms with E-state index in [1.54, 1.807) is 7.11 Å². The second kappa shape index (κ2) is 7.09. The average Bonchev–Trinajstić information content (AvgIpc) is 3.23. The molecule has 4 aromatic rings. The van der Waals surface area contributed by atoms with Gasteiger partial charge in [0.2, 0.25) is 0 Å². The van der Waals surface area contributed by atoms with Crippen molar-refractivity contribution in [1.82, 2.24) is 14.9 Å². The van der Waals surface area contributed by atoms with Gasteiger partial charge >= 0.3 is 0 Å². The first-order chi connectivity index (χ1) is 14.2. The van der Waals surface area contributed by atoms with Gasteiger partial charge in [0.05, 0.1) is 7.11 Å². The van der Waals surface area contributed by atoms with Crippen molar-refractivity contribution >= 4 is 16.9 Å². The van der Waals surface area contributed by atoms with Gasteiger partial charge in [0.25, 0.3) is 5.91 Å². The Balaban J connectivity index is 1.40. The van der Waals surface area contributed by atoms with Gasteiger partial charge in [-0.05, 0) is 53.4 Å². The van der Waals surface area contributed by atoms with Crippen molar-refractivity contribution in [2.45, 2.75) is 13.0 Å². The van der Waals surface area contributed by atoms with Crippen molar-refractivity contribution < 1.29 is 9.53 Å². The first kappa shape index (κ1) is 17.5. The molecule has 5 heteroatoms. The molecule has 0 fully saturated rings. The van der Waals surface area contributed by atoms with Gasteiger partial charge in [0.1, 0.15) is 11.4 Å². The number of carbonyl (C=O) groups excluding carboxylic acids is 1. The standard InChI is InChI=1S/C24H21N3O2/c1-29-21-4-2-3-16(11-21)15-27-10-8-18-12-17(5-6-22(18)24(27)28)20-13-19-7-9-25-23(19)26-14-20/h2-7,9,11-14H,8,10,15H2,1H3,(H,25,26). The van der Waals surface area contributed by atoms with Crippen molar-refractivity contribution in [2.24, 2.45) is 0 Å². The third kappa shape index (κ3) is 3.25. The van der Waals surface area contributed by atoms with Crippen molar-refractivity contribution in [3.05, 3.63) is 83.7 Å². The maximum absolute atomic E-state index is 13.0. The Morgan fingerprint density at radius 3 is 2.93 bits per heavy atom. The molecule has 0 unspecified atom stereocenters. The van der Waals surface area contributed by atoms with Gasteiger partial charge in [-0.2, -0.15) is 0 Å². The van der Waals surface area contributed by atoms with Crippen LogP contribution in [0.4, 0.5) is 0 Å². The van der Waals surface area contributed by atoms with Crippen molar-refractivity contribution in [3.8, 4) is 16.9 Å². The number of aromatic nitrogens is 2. The summed E-state index contributed by atoms with van der Waals surface area (Å²) in [6.07, 6.45) is 4.61. The van der Waals surface area contributed by atoms with Crippen molar-refractivity contribution in [3.63, 3.8) is 0 Å². The lowest BCUT2D eigenvalue weighted by Gasteiger charge is -2.29. The summed E-state index contributed by atoms with van der Waals surface area (Å²) < 4.78 is 5.29. The Labute approximate surface area is 169 Å². The first-order valence-corrected chi connectivity index (χ1v) is 9.70. The van der Waals surface area contributed by atoms with Crippen LogP contribution in [0.25, 0.3) is 22.2 Å². The highest BCUT2D eigenvalue weighted by Gasteiger charge is 2.24. The molecular weight excluding hydrogens is 362 g/mol. The topological polar surface area (TPSA) is 58.2 Å². The molecule has 144 valence electrons. The Hall–Kier alpha value is -3.60. The molecule has 0 spiro atoms. The maximum atomic E-state index is 13.0. The summed E-state index contributed by atoms with van der Waals surface area (Å²) >= 11 is 0. The van der Waals surface area contributed by atoms with Crippen LogP contribution >= 0.6 is 0 Å². The number of H-pyrrole nitrogens is 1. The normalized spacial score (nSPS) is 13.6. The predicted molar refractivity (Wildman–Crippen MR) is 113 cm³/mol. The number of hydrogen-bond acceptors (Lipinski definition) is 3. The lowest BCUT2D eigenvalue weighted by molar-refractivity contribution is 0.0727. The molecule has 3 heterocycles. The highest BCUT2D eigenvalue weighted by atomic mass is 16.5. The molecule has 5 rings (SSSR count). The Kier molecular flexibility index (Phi) is 4.28. The molecule has 29 heavy (non-hydrogen) atoms. The minimum atomic E-state index is 0.0832. The van der Waals surface area contributed by atoms with Gasteiger partial charge < -0.3 is 14.6 Å². The molecule has 1 aliphatic rings. The van der Waals surface area contributed by atoms with E-state index in [9.17, 15) is 4.79 Å². The summed E-state index contributed by atoms with van der Waals surface area (Å²) in [4.78, 5) is 22.5. The number of benzene rings is 2. The van der Waals surface area contributed by atoms with E-state index in [0.29, 0.717) is 13.1 Å². The molecule has 0 aliphatic carbocycles. The third-order valence-electron chi connectivity index (χ3n) is 5.51. The fourth-order valence-corrected chi connectivity index (χ4v) is 3.96. The van der Waals surface area contributed by atoms with E-state index < -0.39 is 0 Å². The van der Waals surface area contributed by atoms with E-state index in [2.05, 4.69) is 22.1 Å². The highest BCUT2D eigenvalue weighted by Crippen LogP contribution is 2.28. The summed E-state index contributed by atoms with van der Waals surface area (Å²) in [5.41, 5.74) is 6.00. The predicted octanol–water partition coefficient (Wildman–Crippen LogP) is 4.44. The van der Waals surface area contributed by atoms with E-state index >= 15 is 0 Å². The van der Waals surface area contributed by atoms with Gasteiger partial charge in [0, 0.05) is 42.0 Å². The SMILES string of the molecule is COc1cccc(CN2CCc3cc(-c4cnc5[nH]ccc5c4)ccc3C2=O)c1. The smallest absolute Gasteiger partial charge is 0.254 e. The van der Waals surface area contributed by atoms with E-state index in [1.807, 2.05) is 59.8 Å². The van der Waals surface area contributed by atoms with Crippen LogP contribution < -0.4 is 4.74 Å². The molecule has 1 amide bonds. The first-order valence-electron chi connectivity index (χ1n) is 9.70. The molecule has 1 aliphatic heterocycles. The number of hydrogen-bond donors (Lipinski definition) is 1. The number of ether oxygens (including phenoxy) is 1. The Bertz CT molecular complexity index is 1210. The number of carbonyl (C=O) groups is 1. The zero-order valence-corrected chi connectivity index (χ0v) is 16.2. The number of fused-ring (bicyclic) bond motifs is 2. The minimum Gasteiger partial charge on any atom is -0.497 e. The molecule has 2 aromatic carbocycles. The molecular formula is C24H21N3O2. The maximum Gasteiger partial charge on any atom is 0.254 e. The summed E-state index contributed by atoms with van der Waals surface area (Å²) in [5.74, 6) is 0.893. The van der Waals surface area contributed by atoms with Gasteiger partial charge in [-0.15, -0.1) is 0 Å². The van der Waals surface area contributed by atoms with Crippen LogP contribution in [0.5, 0.6) is 5.75 Å². The van der Waals surface area contributed by atoms with Crippen LogP contribution in [0.2, 0.25) is 0 Å². The van der Waals surface area contributed by atoms with Gasteiger partial charge in [0.15, 0.2) is 0 Å². The largest absolute Gasteiger partial charge is 0.497 e. The van der Waals surface area contributed by atoms with Crippen LogP contribution in [-0.4, -0.2) is 34.4 Å². The second-order valence-electron chi connectivity index (χ2n) is 7.34. The summed E-state index contributed by atoms with van der Waals surface area (Å²) in [7, 11) is 1.66. The number of rotatable bonds is 4. The minimum absolute atomic E-state index is 0.0832. The quantitative estimate of drug-likeness (QED) is 0.567. The summed E-state index contributed by atoms with van der Waals surface area (Å²) in [6, 6.07) is 18.1. The Morgan fingerprint density at radius 1 is 1.10 bits per heavy atom. The number of nitrogens with zero attached hydrogens (tertiary/aromatic N) is 2. The van der Waals surface area contributed by atoms with E-state index in [1.165, 1.54) is 0 Å². The molecule has 0 saturated heterocycles. The highest BCUT2D eigenvalue weighted by molar-refractivity contribution is 5.97. The molecule has 0 atom stereocenters. The van der Waals surface area contributed by atoms with E-state index in [0.717, 1.165) is 51.0 Å². The molecule has 0 radical (unpaired) electrons. The lowest BCUT2D eigenvalue weighted by Crippen LogP contribution is -2.37. The molecule has 1 N–H and O–H groups in total. The van der Waals surface area contributed by atoms with Crippen LogP contribution in [0.3, 0.4) is 0 Å².